The van der Waals surface area contributed by atoms with Crippen molar-refractivity contribution >= 4 is 22.4 Å². The van der Waals surface area contributed by atoms with Crippen molar-refractivity contribution in [3.05, 3.63) is 5.01 Å². The summed E-state index contributed by atoms with van der Waals surface area (Å²) >= 11 is 1.27. The number of hydrogen-bond donors (Lipinski definition) is 2. The van der Waals surface area contributed by atoms with Gasteiger partial charge in [-0.1, -0.05) is 11.3 Å². The van der Waals surface area contributed by atoms with Crippen LogP contribution in [0.1, 0.15) is 5.01 Å². The van der Waals surface area contributed by atoms with E-state index >= 15 is 0 Å². The summed E-state index contributed by atoms with van der Waals surface area (Å²) < 4.78 is 4.84. The van der Waals surface area contributed by atoms with Crippen LogP contribution in [-0.2, 0) is 16.1 Å². The van der Waals surface area contributed by atoms with Gasteiger partial charge >= 0.3 is 0 Å². The van der Waals surface area contributed by atoms with E-state index < -0.39 is 0 Å². The Morgan fingerprint density at radius 3 is 3.08 bits per heavy atom. The van der Waals surface area contributed by atoms with Crippen molar-refractivity contribution in [1.29, 1.82) is 0 Å². The molecule has 0 aliphatic heterocycles. The van der Waals surface area contributed by atoms with E-state index in [4.69, 9.17) is 10.5 Å². The Kier molecular flexibility index (Phi) is 3.74. The zero-order valence-corrected chi connectivity index (χ0v) is 7.93. The van der Waals surface area contributed by atoms with Crippen LogP contribution in [0.5, 0.6) is 0 Å². The predicted octanol–water partition coefficient (Wildman–Crippen LogP) is -0.418. The highest BCUT2D eigenvalue weighted by Crippen LogP contribution is 2.15. The minimum atomic E-state index is -0.278. The normalized spacial score (nSPS) is 10.0. The van der Waals surface area contributed by atoms with Gasteiger partial charge in [0.05, 0.1) is 6.54 Å². The monoisotopic (exact) mass is 202 g/mol. The molecule has 0 aromatic carbocycles. The van der Waals surface area contributed by atoms with E-state index in [0.29, 0.717) is 11.7 Å². The van der Waals surface area contributed by atoms with Crippen LogP contribution in [0.2, 0.25) is 0 Å². The van der Waals surface area contributed by atoms with Gasteiger partial charge in [-0.2, -0.15) is 0 Å². The lowest BCUT2D eigenvalue weighted by molar-refractivity contribution is -0.114. The molecule has 6 nitrogen and oxygen atoms in total. The van der Waals surface area contributed by atoms with Gasteiger partial charge in [0, 0.05) is 7.11 Å². The van der Waals surface area contributed by atoms with Gasteiger partial charge in [0.25, 0.3) is 0 Å². The first-order chi connectivity index (χ1) is 6.26. The number of ether oxygens (including phenoxy) is 1. The lowest BCUT2D eigenvalue weighted by Gasteiger charge is -1.94. The van der Waals surface area contributed by atoms with Crippen LogP contribution in [-0.4, -0.2) is 29.8 Å². The fraction of sp³-hybridized carbons (Fsp3) is 0.500. The smallest absolute Gasteiger partial charge is 0.239 e. The number of carbonyl (C=O) groups excluding carboxylic acids is 1. The molecule has 0 fully saturated rings. The quantitative estimate of drug-likeness (QED) is 0.692. The Hall–Kier alpha value is -1.05. The highest BCUT2D eigenvalue weighted by molar-refractivity contribution is 7.15. The third-order valence-corrected chi connectivity index (χ3v) is 1.98. The van der Waals surface area contributed by atoms with E-state index in [1.807, 2.05) is 0 Å². The second kappa shape index (κ2) is 4.85. The first-order valence-electron chi connectivity index (χ1n) is 3.57. The molecule has 1 amide bonds. The van der Waals surface area contributed by atoms with Crippen LogP contribution < -0.4 is 11.1 Å². The summed E-state index contributed by atoms with van der Waals surface area (Å²) in [5.41, 5.74) is 5.11. The topological polar surface area (TPSA) is 90.1 Å². The molecule has 0 saturated carbocycles. The van der Waals surface area contributed by atoms with Crippen molar-refractivity contribution in [2.24, 2.45) is 5.73 Å². The molecular formula is C6H10N4O2S. The lowest BCUT2D eigenvalue weighted by atomic mass is 10.6. The summed E-state index contributed by atoms with van der Waals surface area (Å²) in [6, 6.07) is 0. The van der Waals surface area contributed by atoms with Gasteiger partial charge in [0.2, 0.25) is 11.0 Å². The van der Waals surface area contributed by atoms with Crippen LogP contribution in [0, 0.1) is 0 Å². The molecular weight excluding hydrogens is 192 g/mol. The molecule has 72 valence electrons. The summed E-state index contributed by atoms with van der Waals surface area (Å²) in [4.78, 5) is 10.8. The molecule has 1 aromatic heterocycles. The number of amides is 1. The molecule has 1 rings (SSSR count). The molecule has 0 aliphatic rings. The van der Waals surface area contributed by atoms with E-state index in [2.05, 4.69) is 15.5 Å². The number of nitrogens with one attached hydrogen (secondary N) is 1. The molecule has 7 heteroatoms. The second-order valence-corrected chi connectivity index (χ2v) is 3.25. The van der Waals surface area contributed by atoms with E-state index in [-0.39, 0.29) is 12.5 Å². The summed E-state index contributed by atoms with van der Waals surface area (Å²) in [6.45, 7) is 0.343. The summed E-state index contributed by atoms with van der Waals surface area (Å²) in [5, 5.41) is 11.2. The van der Waals surface area contributed by atoms with Crippen molar-refractivity contribution in [1.82, 2.24) is 10.2 Å². The minimum Gasteiger partial charge on any atom is -0.377 e. The molecule has 0 saturated heterocycles. The fourth-order valence-electron chi connectivity index (χ4n) is 0.656. The molecule has 0 radical (unpaired) electrons. The van der Waals surface area contributed by atoms with Crippen LogP contribution >= 0.6 is 11.3 Å². The summed E-state index contributed by atoms with van der Waals surface area (Å²) in [7, 11) is 1.57. The van der Waals surface area contributed by atoms with E-state index in [9.17, 15) is 4.79 Å². The second-order valence-electron chi connectivity index (χ2n) is 2.19. The Labute approximate surface area is 79.1 Å². The molecule has 13 heavy (non-hydrogen) atoms. The molecule has 0 atom stereocenters. The van der Waals surface area contributed by atoms with Gasteiger partial charge in [-0.3, -0.25) is 10.1 Å². The molecule has 0 unspecified atom stereocenters. The van der Waals surface area contributed by atoms with Gasteiger partial charge < -0.3 is 10.5 Å². The third-order valence-electron chi connectivity index (χ3n) is 1.17. The molecule has 1 aromatic rings. The number of nitrogens with two attached hydrogens (primary N) is 1. The van der Waals surface area contributed by atoms with Crippen molar-refractivity contribution in [3.63, 3.8) is 0 Å². The Morgan fingerprint density at radius 1 is 1.69 bits per heavy atom. The maximum absolute atomic E-state index is 10.8. The maximum atomic E-state index is 10.8. The zero-order valence-electron chi connectivity index (χ0n) is 7.11. The number of aromatic nitrogens is 2. The van der Waals surface area contributed by atoms with E-state index in [1.165, 1.54) is 11.3 Å². The number of anilines is 1. The number of hydrogen-bond acceptors (Lipinski definition) is 6. The van der Waals surface area contributed by atoms with Crippen molar-refractivity contribution < 1.29 is 9.53 Å². The standard InChI is InChI=1S/C6H10N4O2S/c1-12-3-5-9-10-6(13-5)8-4(11)2-7/h2-3,7H2,1H3,(H,8,10,11). The summed E-state index contributed by atoms with van der Waals surface area (Å²) in [6.07, 6.45) is 0. The summed E-state index contributed by atoms with van der Waals surface area (Å²) in [5.74, 6) is -0.278. The van der Waals surface area contributed by atoms with Crippen LogP contribution in [0.15, 0.2) is 0 Å². The number of methoxy groups -OCH3 is 1. The molecule has 1 heterocycles. The Morgan fingerprint density at radius 2 is 2.46 bits per heavy atom. The molecule has 0 spiro atoms. The first-order valence-corrected chi connectivity index (χ1v) is 4.39. The van der Waals surface area contributed by atoms with Gasteiger partial charge in [-0.15, -0.1) is 10.2 Å². The van der Waals surface area contributed by atoms with E-state index in [1.54, 1.807) is 7.11 Å². The first kappa shape index (κ1) is 10.0. The van der Waals surface area contributed by atoms with Gasteiger partial charge in [0.1, 0.15) is 11.6 Å². The van der Waals surface area contributed by atoms with Crippen LogP contribution in [0.25, 0.3) is 0 Å². The largest absolute Gasteiger partial charge is 0.377 e. The SMILES string of the molecule is COCc1nnc(NC(=O)CN)s1. The minimum absolute atomic E-state index is 0.0564. The van der Waals surface area contributed by atoms with Gasteiger partial charge in [0.15, 0.2) is 0 Å². The number of carbonyl (C=O) groups is 1. The van der Waals surface area contributed by atoms with Crippen molar-refractivity contribution in [3.8, 4) is 0 Å². The lowest BCUT2D eigenvalue weighted by Crippen LogP contribution is -2.21. The zero-order chi connectivity index (χ0) is 9.68. The third kappa shape index (κ3) is 3.05. The Bertz CT molecular complexity index is 288. The average molecular weight is 202 g/mol. The van der Waals surface area contributed by atoms with Crippen molar-refractivity contribution in [2.45, 2.75) is 6.61 Å². The average Bonchev–Trinajstić information content (AvgIpc) is 2.53. The molecule has 0 aliphatic carbocycles. The fourth-order valence-corrected chi connectivity index (χ4v) is 1.38. The van der Waals surface area contributed by atoms with Crippen LogP contribution in [0.3, 0.4) is 0 Å². The number of rotatable bonds is 4. The van der Waals surface area contributed by atoms with E-state index in [0.717, 1.165) is 5.01 Å². The highest BCUT2D eigenvalue weighted by Gasteiger charge is 2.05. The maximum Gasteiger partial charge on any atom is 0.239 e. The van der Waals surface area contributed by atoms with Gasteiger partial charge in [-0.05, 0) is 0 Å². The van der Waals surface area contributed by atoms with Crippen molar-refractivity contribution in [2.75, 3.05) is 19.0 Å². The highest BCUT2D eigenvalue weighted by atomic mass is 32.1. The number of nitrogens with zero attached hydrogens (tertiary/aromatic N) is 2. The van der Waals surface area contributed by atoms with Crippen LogP contribution in [0.4, 0.5) is 5.13 Å². The Balaban J connectivity index is 2.53. The molecule has 0 bridgehead atoms. The molecule has 3 N–H and O–H groups in total. The predicted molar refractivity (Wildman–Crippen MR) is 48.3 cm³/mol. The van der Waals surface area contributed by atoms with Gasteiger partial charge in [-0.25, -0.2) is 0 Å².